The predicted octanol–water partition coefficient (Wildman–Crippen LogP) is 5.59. The lowest BCUT2D eigenvalue weighted by Gasteiger charge is -2.70. The molecule has 0 aliphatic heterocycles. The fourth-order valence-corrected chi connectivity index (χ4v) is 10.1. The Hall–Kier alpha value is -1.13. The third-order valence-corrected chi connectivity index (χ3v) is 12.5. The molecule has 4 saturated carbocycles. The van der Waals surface area contributed by atoms with E-state index in [4.69, 9.17) is 0 Å². The Morgan fingerprint density at radius 1 is 1.06 bits per heavy atom. The number of hydrogen-bond donors (Lipinski definition) is 3. The standard InChI is InChI=1S/C29H44O4/c1-16-9-12-29(25(32)33)14-13-27(5)20(23(29)17(16)2)7-8-22-26(4)15-21(30)24(31)18(3)19(26)10-11-28(22,27)6/h7,16-17,19,21-24,30-31H,3,8-15H2,1-2,4-6H3,(H,32,33)/t16-,17+,19?,21?,22-,23+,24?,26+,27-,28-,29+/m1/s1. The van der Waals surface area contributed by atoms with Crippen molar-refractivity contribution in [3.05, 3.63) is 23.8 Å². The summed E-state index contributed by atoms with van der Waals surface area (Å²) in [6.07, 6.45) is 8.04. The Morgan fingerprint density at radius 2 is 1.76 bits per heavy atom. The number of carboxylic acids is 1. The summed E-state index contributed by atoms with van der Waals surface area (Å²) in [5, 5.41) is 31.8. The van der Waals surface area contributed by atoms with Crippen LogP contribution in [0.25, 0.3) is 0 Å². The lowest BCUT2D eigenvalue weighted by molar-refractivity contribution is -0.182. The highest BCUT2D eigenvalue weighted by molar-refractivity contribution is 5.76. The van der Waals surface area contributed by atoms with Crippen LogP contribution >= 0.6 is 0 Å². The van der Waals surface area contributed by atoms with Gasteiger partial charge < -0.3 is 15.3 Å². The van der Waals surface area contributed by atoms with Crippen molar-refractivity contribution in [2.45, 2.75) is 98.2 Å². The van der Waals surface area contributed by atoms with Crippen LogP contribution in [0.4, 0.5) is 0 Å². The third kappa shape index (κ3) is 2.74. The highest BCUT2D eigenvalue weighted by atomic mass is 16.4. The first-order chi connectivity index (χ1) is 15.3. The Kier molecular flexibility index (Phi) is 5.15. The third-order valence-electron chi connectivity index (χ3n) is 12.5. The van der Waals surface area contributed by atoms with Gasteiger partial charge in [0.25, 0.3) is 0 Å². The van der Waals surface area contributed by atoms with E-state index in [-0.39, 0.29) is 28.1 Å². The molecule has 0 aromatic heterocycles. The predicted molar refractivity (Wildman–Crippen MR) is 129 cm³/mol. The first-order valence-corrected chi connectivity index (χ1v) is 13.3. The molecule has 0 bridgehead atoms. The smallest absolute Gasteiger partial charge is 0.310 e. The van der Waals surface area contributed by atoms with Gasteiger partial charge in [0.05, 0.1) is 11.5 Å². The summed E-state index contributed by atoms with van der Waals surface area (Å²) in [6.45, 7) is 16.1. The fraction of sp³-hybridized carbons (Fsp3) is 0.828. The van der Waals surface area contributed by atoms with Crippen LogP contribution in [0, 0.1) is 51.2 Å². The molecule has 3 unspecified atom stereocenters. The van der Waals surface area contributed by atoms with Crippen molar-refractivity contribution in [2.75, 3.05) is 0 Å². The van der Waals surface area contributed by atoms with Crippen molar-refractivity contribution in [3.8, 4) is 0 Å². The quantitative estimate of drug-likeness (QED) is 0.450. The van der Waals surface area contributed by atoms with Crippen molar-refractivity contribution >= 4 is 5.97 Å². The zero-order valence-electron chi connectivity index (χ0n) is 21.2. The van der Waals surface area contributed by atoms with E-state index in [1.165, 1.54) is 5.57 Å². The van der Waals surface area contributed by atoms with Gasteiger partial charge >= 0.3 is 5.97 Å². The minimum atomic E-state index is -0.812. The number of carboxylic acid groups (broad SMARTS) is 1. The molecule has 0 spiro atoms. The van der Waals surface area contributed by atoms with Crippen LogP contribution in [0.1, 0.15) is 86.0 Å². The Bertz CT molecular complexity index is 907. The molecule has 0 aromatic carbocycles. The molecule has 0 saturated heterocycles. The van der Waals surface area contributed by atoms with E-state index in [2.05, 4.69) is 47.3 Å². The van der Waals surface area contributed by atoms with Gasteiger partial charge in [-0.3, -0.25) is 4.79 Å². The molecule has 4 nitrogen and oxygen atoms in total. The summed E-state index contributed by atoms with van der Waals surface area (Å²) in [6, 6.07) is 0. The molecule has 0 radical (unpaired) electrons. The van der Waals surface area contributed by atoms with Crippen molar-refractivity contribution in [1.29, 1.82) is 0 Å². The number of aliphatic hydroxyl groups excluding tert-OH is 2. The molecule has 0 amide bonds. The molecule has 5 rings (SSSR count). The molecule has 5 aliphatic rings. The summed E-state index contributed by atoms with van der Waals surface area (Å²) < 4.78 is 0. The van der Waals surface area contributed by atoms with Crippen LogP contribution in [-0.2, 0) is 4.79 Å². The zero-order chi connectivity index (χ0) is 24.1. The van der Waals surface area contributed by atoms with Gasteiger partial charge in [0.2, 0.25) is 0 Å². The molecule has 33 heavy (non-hydrogen) atoms. The second-order valence-electron chi connectivity index (χ2n) is 13.4. The van der Waals surface area contributed by atoms with E-state index < -0.39 is 23.6 Å². The Morgan fingerprint density at radius 3 is 2.42 bits per heavy atom. The van der Waals surface area contributed by atoms with Crippen LogP contribution < -0.4 is 0 Å². The average Bonchev–Trinajstić information content (AvgIpc) is 2.75. The minimum Gasteiger partial charge on any atom is -0.481 e. The monoisotopic (exact) mass is 456 g/mol. The number of carbonyl (C=O) groups is 1. The van der Waals surface area contributed by atoms with Gasteiger partial charge in [-0.1, -0.05) is 52.8 Å². The van der Waals surface area contributed by atoms with E-state index in [0.29, 0.717) is 24.2 Å². The maximum absolute atomic E-state index is 12.8. The molecular formula is C29H44O4. The molecule has 0 aromatic rings. The molecule has 184 valence electrons. The van der Waals surface area contributed by atoms with E-state index in [0.717, 1.165) is 50.5 Å². The van der Waals surface area contributed by atoms with Crippen molar-refractivity contribution in [2.24, 2.45) is 51.2 Å². The maximum Gasteiger partial charge on any atom is 0.310 e. The average molecular weight is 457 g/mol. The highest BCUT2D eigenvalue weighted by Crippen LogP contribution is 2.74. The van der Waals surface area contributed by atoms with Crippen LogP contribution in [-0.4, -0.2) is 33.5 Å². The van der Waals surface area contributed by atoms with E-state index in [1.54, 1.807) is 0 Å². The highest BCUT2D eigenvalue weighted by Gasteiger charge is 2.68. The lowest BCUT2D eigenvalue weighted by atomic mass is 9.34. The minimum absolute atomic E-state index is 0.0266. The van der Waals surface area contributed by atoms with Gasteiger partial charge in [0.15, 0.2) is 0 Å². The largest absolute Gasteiger partial charge is 0.481 e. The van der Waals surface area contributed by atoms with Crippen LogP contribution in [0.15, 0.2) is 23.8 Å². The van der Waals surface area contributed by atoms with E-state index in [9.17, 15) is 20.1 Å². The Labute approximate surface area is 199 Å². The topological polar surface area (TPSA) is 77.8 Å². The summed E-state index contributed by atoms with van der Waals surface area (Å²) in [5.41, 5.74) is 1.58. The van der Waals surface area contributed by atoms with Gasteiger partial charge in [0.1, 0.15) is 6.10 Å². The van der Waals surface area contributed by atoms with Crippen molar-refractivity contribution in [1.82, 2.24) is 0 Å². The molecule has 3 N–H and O–H groups in total. The molecule has 4 heteroatoms. The van der Waals surface area contributed by atoms with Gasteiger partial charge in [0, 0.05) is 0 Å². The van der Waals surface area contributed by atoms with E-state index >= 15 is 0 Å². The first kappa shape index (κ1) is 23.6. The van der Waals surface area contributed by atoms with Crippen LogP contribution in [0.5, 0.6) is 0 Å². The number of hydrogen-bond acceptors (Lipinski definition) is 3. The molecule has 4 fully saturated rings. The molecule has 5 aliphatic carbocycles. The number of allylic oxidation sites excluding steroid dienone is 2. The van der Waals surface area contributed by atoms with Crippen molar-refractivity contribution in [3.63, 3.8) is 0 Å². The second-order valence-corrected chi connectivity index (χ2v) is 13.4. The first-order valence-electron chi connectivity index (χ1n) is 13.3. The van der Waals surface area contributed by atoms with Gasteiger partial charge in [-0.15, -0.1) is 0 Å². The second kappa shape index (κ2) is 7.20. The Balaban J connectivity index is 1.62. The normalized spacial score (nSPS) is 56.0. The van der Waals surface area contributed by atoms with Gasteiger partial charge in [-0.05, 0) is 103 Å². The summed E-state index contributed by atoms with van der Waals surface area (Å²) in [7, 11) is 0. The number of aliphatic hydroxyl groups is 2. The van der Waals surface area contributed by atoms with Crippen molar-refractivity contribution < 1.29 is 20.1 Å². The van der Waals surface area contributed by atoms with E-state index in [1.807, 2.05) is 0 Å². The van der Waals surface area contributed by atoms with Crippen LogP contribution in [0.2, 0.25) is 0 Å². The molecule has 11 atom stereocenters. The summed E-state index contributed by atoms with van der Waals surface area (Å²) >= 11 is 0. The van der Waals surface area contributed by atoms with Crippen LogP contribution in [0.3, 0.4) is 0 Å². The lowest BCUT2D eigenvalue weighted by Crippen LogP contribution is -2.64. The number of fused-ring (bicyclic) bond motifs is 7. The zero-order valence-corrected chi connectivity index (χ0v) is 21.2. The van der Waals surface area contributed by atoms with Gasteiger partial charge in [-0.2, -0.15) is 0 Å². The summed E-state index contributed by atoms with van der Waals surface area (Å²) in [4.78, 5) is 12.8. The fourth-order valence-electron chi connectivity index (χ4n) is 10.1. The number of rotatable bonds is 1. The SMILES string of the molecule is C=C1C(O)C(O)C[C@@]2(C)C1CC[C@]1(C)[C@@H]2CC=C2[C@@H]3[C@@H](C)[C@H](C)CC[C@]3(C(=O)O)CC[C@]21C. The number of aliphatic carboxylic acids is 1. The molecule has 0 heterocycles. The maximum atomic E-state index is 12.8. The molecular weight excluding hydrogens is 412 g/mol. The summed E-state index contributed by atoms with van der Waals surface area (Å²) in [5.74, 6) is 1.09. The van der Waals surface area contributed by atoms with Gasteiger partial charge in [-0.25, -0.2) is 0 Å².